The summed E-state index contributed by atoms with van der Waals surface area (Å²) in [6.45, 7) is 4.15. The van der Waals surface area contributed by atoms with Crippen LogP contribution in [0.25, 0.3) is 0 Å². The lowest BCUT2D eigenvalue weighted by molar-refractivity contribution is 0.411. The summed E-state index contributed by atoms with van der Waals surface area (Å²) in [6, 6.07) is 6.47. The van der Waals surface area contributed by atoms with Crippen molar-refractivity contribution in [1.82, 2.24) is 5.32 Å². The van der Waals surface area contributed by atoms with E-state index in [1.54, 1.807) is 13.4 Å². The Morgan fingerprint density at radius 1 is 1.44 bits per heavy atom. The molecule has 3 atom stereocenters. The molecule has 0 aliphatic carbocycles. The molecule has 0 aromatic heterocycles. The summed E-state index contributed by atoms with van der Waals surface area (Å²) < 4.78 is 17.3. The molecular formula is C13H20BrNO2S. The maximum atomic E-state index is 11.2. The second-order valence-corrected chi connectivity index (χ2v) is 6.76. The highest BCUT2D eigenvalue weighted by Gasteiger charge is 2.12. The van der Waals surface area contributed by atoms with Crippen molar-refractivity contribution < 1.29 is 8.95 Å². The molecule has 0 heterocycles. The maximum Gasteiger partial charge on any atom is 0.133 e. The van der Waals surface area contributed by atoms with E-state index in [0.29, 0.717) is 5.75 Å². The number of ether oxygens (including phenoxy) is 1. The highest BCUT2D eigenvalue weighted by molar-refractivity contribution is 9.10. The SMILES string of the molecule is COc1ccc(C(C)NC(C)CS(C)=O)cc1Br. The van der Waals surface area contributed by atoms with Gasteiger partial charge in [-0.25, -0.2) is 0 Å². The lowest BCUT2D eigenvalue weighted by Gasteiger charge is -2.20. The second-order valence-electron chi connectivity index (χ2n) is 4.42. The van der Waals surface area contributed by atoms with Gasteiger partial charge >= 0.3 is 0 Å². The normalized spacial score (nSPS) is 16.1. The summed E-state index contributed by atoms with van der Waals surface area (Å²) in [5.74, 6) is 1.50. The summed E-state index contributed by atoms with van der Waals surface area (Å²) in [5.41, 5.74) is 1.18. The van der Waals surface area contributed by atoms with Crippen molar-refractivity contribution in [2.45, 2.75) is 25.9 Å². The summed E-state index contributed by atoms with van der Waals surface area (Å²) >= 11 is 3.48. The largest absolute Gasteiger partial charge is 0.496 e. The average molecular weight is 334 g/mol. The zero-order chi connectivity index (χ0) is 13.7. The number of halogens is 1. The third-order valence-electron chi connectivity index (χ3n) is 2.70. The van der Waals surface area contributed by atoms with Gasteiger partial charge in [-0.05, 0) is 47.5 Å². The van der Waals surface area contributed by atoms with Gasteiger partial charge in [-0.3, -0.25) is 4.21 Å². The van der Waals surface area contributed by atoms with Crippen LogP contribution in [0.1, 0.15) is 25.5 Å². The Kier molecular flexibility index (Phi) is 6.32. The molecular weight excluding hydrogens is 314 g/mol. The molecule has 0 bridgehead atoms. The zero-order valence-electron chi connectivity index (χ0n) is 11.2. The lowest BCUT2D eigenvalue weighted by Crippen LogP contribution is -2.33. The minimum Gasteiger partial charge on any atom is -0.496 e. The third-order valence-corrected chi connectivity index (χ3v) is 4.28. The van der Waals surface area contributed by atoms with Crippen LogP contribution in [0.3, 0.4) is 0 Å². The summed E-state index contributed by atoms with van der Waals surface area (Å²) in [6.07, 6.45) is 1.73. The molecule has 1 aromatic rings. The van der Waals surface area contributed by atoms with E-state index in [9.17, 15) is 4.21 Å². The predicted octanol–water partition coefficient (Wildman–Crippen LogP) is 2.88. The van der Waals surface area contributed by atoms with Gasteiger partial charge in [0.1, 0.15) is 5.75 Å². The molecule has 1 aromatic carbocycles. The number of nitrogens with one attached hydrogen (secondary N) is 1. The van der Waals surface area contributed by atoms with Gasteiger partial charge < -0.3 is 10.1 Å². The first-order valence-corrected chi connectivity index (χ1v) is 8.35. The Hall–Kier alpha value is -0.390. The molecule has 102 valence electrons. The van der Waals surface area contributed by atoms with Crippen LogP contribution >= 0.6 is 15.9 Å². The van der Waals surface area contributed by atoms with E-state index >= 15 is 0 Å². The van der Waals surface area contributed by atoms with Gasteiger partial charge in [0.25, 0.3) is 0 Å². The minimum atomic E-state index is -0.770. The predicted molar refractivity (Wildman–Crippen MR) is 80.6 cm³/mol. The molecule has 5 heteroatoms. The first-order chi connectivity index (χ1) is 8.43. The molecule has 0 aliphatic heterocycles. The molecule has 0 fully saturated rings. The number of hydrogen-bond acceptors (Lipinski definition) is 3. The molecule has 0 saturated heterocycles. The Morgan fingerprint density at radius 2 is 2.11 bits per heavy atom. The first kappa shape index (κ1) is 15.7. The minimum absolute atomic E-state index is 0.214. The van der Waals surface area contributed by atoms with E-state index in [2.05, 4.69) is 35.1 Å². The number of methoxy groups -OCH3 is 1. The van der Waals surface area contributed by atoms with Crippen LogP contribution in [0, 0.1) is 0 Å². The van der Waals surface area contributed by atoms with Gasteiger partial charge in [0, 0.05) is 34.9 Å². The third kappa shape index (κ3) is 4.71. The van der Waals surface area contributed by atoms with Gasteiger partial charge in [-0.15, -0.1) is 0 Å². The molecule has 3 nitrogen and oxygen atoms in total. The van der Waals surface area contributed by atoms with Gasteiger partial charge in [-0.2, -0.15) is 0 Å². The molecule has 1 N–H and O–H groups in total. The van der Waals surface area contributed by atoms with Crippen molar-refractivity contribution in [1.29, 1.82) is 0 Å². The lowest BCUT2D eigenvalue weighted by atomic mass is 10.1. The second kappa shape index (κ2) is 7.26. The molecule has 0 amide bonds. The first-order valence-electron chi connectivity index (χ1n) is 5.83. The Balaban J connectivity index is 2.69. The van der Waals surface area contributed by atoms with Crippen molar-refractivity contribution in [2.75, 3.05) is 19.1 Å². The Labute approximate surface area is 120 Å². The van der Waals surface area contributed by atoms with Crippen molar-refractivity contribution in [3.05, 3.63) is 28.2 Å². The van der Waals surface area contributed by atoms with Crippen LogP contribution in [-0.4, -0.2) is 29.4 Å². The fourth-order valence-electron chi connectivity index (χ4n) is 1.88. The van der Waals surface area contributed by atoms with E-state index in [1.165, 1.54) is 5.56 Å². The van der Waals surface area contributed by atoms with Gasteiger partial charge in [-0.1, -0.05) is 6.07 Å². The molecule has 1 rings (SSSR count). The van der Waals surface area contributed by atoms with Gasteiger partial charge in [0.2, 0.25) is 0 Å². The number of rotatable bonds is 6. The summed E-state index contributed by atoms with van der Waals surface area (Å²) in [7, 11) is 0.883. The molecule has 3 unspecified atom stereocenters. The van der Waals surface area contributed by atoms with Crippen molar-refractivity contribution in [2.24, 2.45) is 0 Å². The summed E-state index contributed by atoms with van der Waals surface area (Å²) in [5, 5.41) is 3.44. The Morgan fingerprint density at radius 3 is 2.61 bits per heavy atom. The van der Waals surface area contributed by atoms with Crippen molar-refractivity contribution >= 4 is 26.7 Å². The number of benzene rings is 1. The molecule has 0 spiro atoms. The molecule has 0 radical (unpaired) electrons. The van der Waals surface area contributed by atoms with E-state index < -0.39 is 10.8 Å². The Bertz CT molecular complexity index is 425. The van der Waals surface area contributed by atoms with Gasteiger partial charge in [0.05, 0.1) is 11.6 Å². The molecule has 0 aliphatic rings. The smallest absolute Gasteiger partial charge is 0.133 e. The zero-order valence-corrected chi connectivity index (χ0v) is 13.6. The fourth-order valence-corrected chi connectivity index (χ4v) is 3.23. The van der Waals surface area contributed by atoms with Crippen molar-refractivity contribution in [3.63, 3.8) is 0 Å². The summed E-state index contributed by atoms with van der Waals surface area (Å²) in [4.78, 5) is 0. The maximum absolute atomic E-state index is 11.2. The van der Waals surface area contributed by atoms with Crippen LogP contribution in [0.15, 0.2) is 22.7 Å². The standard InChI is InChI=1S/C13H20BrNO2S/c1-9(8-18(4)16)15-10(2)11-5-6-13(17-3)12(14)7-11/h5-7,9-10,15H,8H2,1-4H3. The van der Waals surface area contributed by atoms with Crippen LogP contribution in [0.2, 0.25) is 0 Å². The highest BCUT2D eigenvalue weighted by atomic mass is 79.9. The van der Waals surface area contributed by atoms with E-state index in [1.807, 2.05) is 18.2 Å². The molecule has 18 heavy (non-hydrogen) atoms. The van der Waals surface area contributed by atoms with Gasteiger partial charge in [0.15, 0.2) is 0 Å². The molecule has 0 saturated carbocycles. The fraction of sp³-hybridized carbons (Fsp3) is 0.538. The van der Waals surface area contributed by atoms with Crippen LogP contribution in [-0.2, 0) is 10.8 Å². The average Bonchev–Trinajstić information content (AvgIpc) is 2.27. The van der Waals surface area contributed by atoms with Crippen LogP contribution in [0.4, 0.5) is 0 Å². The van der Waals surface area contributed by atoms with E-state index in [0.717, 1.165) is 10.2 Å². The topological polar surface area (TPSA) is 38.3 Å². The van der Waals surface area contributed by atoms with E-state index in [4.69, 9.17) is 4.74 Å². The monoisotopic (exact) mass is 333 g/mol. The van der Waals surface area contributed by atoms with Crippen LogP contribution < -0.4 is 10.1 Å². The number of hydrogen-bond donors (Lipinski definition) is 1. The van der Waals surface area contributed by atoms with E-state index in [-0.39, 0.29) is 12.1 Å². The van der Waals surface area contributed by atoms with Crippen molar-refractivity contribution in [3.8, 4) is 5.75 Å². The van der Waals surface area contributed by atoms with Crippen LogP contribution in [0.5, 0.6) is 5.75 Å². The quantitative estimate of drug-likeness (QED) is 0.869. The highest BCUT2D eigenvalue weighted by Crippen LogP contribution is 2.28.